The third kappa shape index (κ3) is 6.21. The van der Waals surface area contributed by atoms with Crippen molar-refractivity contribution in [2.45, 2.75) is 45.9 Å². The molecule has 7 nitrogen and oxygen atoms in total. The van der Waals surface area contributed by atoms with Crippen LogP contribution in [0.2, 0.25) is 0 Å². The number of anilines is 3. The van der Waals surface area contributed by atoms with E-state index in [2.05, 4.69) is 45.0 Å². The minimum absolute atomic E-state index is 0.0706. The van der Waals surface area contributed by atoms with Crippen LogP contribution in [0.4, 0.5) is 17.1 Å². The molecule has 0 saturated heterocycles. The molecule has 7 heteroatoms. The molecule has 0 bridgehead atoms. The molecule has 1 unspecified atom stereocenters. The van der Waals surface area contributed by atoms with E-state index in [-0.39, 0.29) is 11.2 Å². The minimum atomic E-state index is -0.514. The molecule has 1 atom stereocenters. The summed E-state index contributed by atoms with van der Waals surface area (Å²) in [6, 6.07) is 32.4. The first-order valence-electron chi connectivity index (χ1n) is 14.5. The first-order chi connectivity index (χ1) is 20.6. The molecule has 0 radical (unpaired) electrons. The maximum absolute atomic E-state index is 13.1. The predicted molar refractivity (Wildman–Crippen MR) is 175 cm³/mol. The highest BCUT2D eigenvalue weighted by atomic mass is 16.5. The van der Waals surface area contributed by atoms with E-state index in [1.807, 2.05) is 102 Å². The van der Waals surface area contributed by atoms with Crippen molar-refractivity contribution in [1.29, 1.82) is 0 Å². The van der Waals surface area contributed by atoms with E-state index in [4.69, 9.17) is 14.6 Å². The molecule has 0 saturated carbocycles. The first-order valence-corrected chi connectivity index (χ1v) is 14.5. The fraction of sp³-hybridized carbons (Fsp3) is 0.278. The van der Waals surface area contributed by atoms with Crippen LogP contribution in [0.15, 0.2) is 102 Å². The number of Topliss-reactive ketones (excluding diaryl/α,β-unsaturated/α-hetero) is 1. The van der Waals surface area contributed by atoms with E-state index in [9.17, 15) is 4.79 Å². The molecule has 1 aliphatic heterocycles. The summed E-state index contributed by atoms with van der Waals surface area (Å²) in [5, 5.41) is 6.78. The van der Waals surface area contributed by atoms with Gasteiger partial charge in [0.1, 0.15) is 6.61 Å². The Kier molecular flexibility index (Phi) is 8.44. The van der Waals surface area contributed by atoms with E-state index in [0.29, 0.717) is 23.9 Å². The highest BCUT2D eigenvalue weighted by molar-refractivity contribution is 6.44. The number of rotatable bonds is 9. The van der Waals surface area contributed by atoms with Gasteiger partial charge in [0.2, 0.25) is 0 Å². The van der Waals surface area contributed by atoms with E-state index in [0.717, 1.165) is 28.2 Å². The summed E-state index contributed by atoms with van der Waals surface area (Å²) in [6.07, 6.45) is -0.514. The van der Waals surface area contributed by atoms with Crippen molar-refractivity contribution in [2.24, 2.45) is 5.10 Å². The third-order valence-electron chi connectivity index (χ3n) is 7.60. The number of methoxy groups -OCH3 is 1. The number of carbonyl (C=O) groups is 1. The zero-order valence-corrected chi connectivity index (χ0v) is 26.0. The number of nitrogens with zero attached hydrogens (tertiary/aromatic N) is 4. The molecule has 1 aliphatic rings. The molecule has 0 fully saturated rings. The number of ketones is 1. The van der Waals surface area contributed by atoms with Crippen LogP contribution in [0.3, 0.4) is 0 Å². The van der Waals surface area contributed by atoms with Crippen LogP contribution in [0, 0.1) is 0 Å². The van der Waals surface area contributed by atoms with Gasteiger partial charge < -0.3 is 14.4 Å². The van der Waals surface area contributed by atoms with Gasteiger partial charge in [-0.1, -0.05) is 75.4 Å². The van der Waals surface area contributed by atoms with E-state index < -0.39 is 6.17 Å². The second-order valence-electron chi connectivity index (χ2n) is 11.9. The summed E-state index contributed by atoms with van der Waals surface area (Å²) >= 11 is 0. The van der Waals surface area contributed by atoms with Gasteiger partial charge in [-0.15, -0.1) is 5.10 Å². The summed E-state index contributed by atoms with van der Waals surface area (Å²) in [6.45, 7) is 8.52. The van der Waals surface area contributed by atoms with Gasteiger partial charge in [0, 0.05) is 38.0 Å². The van der Waals surface area contributed by atoms with Crippen LogP contribution < -0.4 is 24.3 Å². The lowest BCUT2D eigenvalue weighted by Crippen LogP contribution is -2.38. The van der Waals surface area contributed by atoms with Gasteiger partial charge in [-0.2, -0.15) is 0 Å². The van der Waals surface area contributed by atoms with Crippen molar-refractivity contribution in [1.82, 2.24) is 0 Å². The average molecular weight is 577 g/mol. The van der Waals surface area contributed by atoms with Crippen LogP contribution >= 0.6 is 0 Å². The number of hydrazone groups is 1. The lowest BCUT2D eigenvalue weighted by molar-refractivity contribution is -0.111. The van der Waals surface area contributed by atoms with Crippen molar-refractivity contribution < 1.29 is 14.3 Å². The smallest absolute Gasteiger partial charge is 0.198 e. The molecule has 4 aromatic carbocycles. The van der Waals surface area contributed by atoms with Crippen molar-refractivity contribution in [3.63, 3.8) is 0 Å². The summed E-state index contributed by atoms with van der Waals surface area (Å²) in [4.78, 5) is 17.1. The number of carbonyl (C=O) groups excluding carboxylic acids is 1. The molecule has 0 N–H and O–H groups in total. The highest BCUT2D eigenvalue weighted by Gasteiger charge is 2.41. The number of ether oxygens (including phenoxy) is 2. The highest BCUT2D eigenvalue weighted by Crippen LogP contribution is 2.45. The monoisotopic (exact) mass is 576 g/mol. The Balaban J connectivity index is 1.61. The molecule has 0 spiro atoms. The Morgan fingerprint density at radius 3 is 2.12 bits per heavy atom. The fourth-order valence-electron chi connectivity index (χ4n) is 5.20. The Labute approximate surface area is 255 Å². The molecule has 0 aliphatic carbocycles. The molecule has 4 aromatic rings. The van der Waals surface area contributed by atoms with Crippen LogP contribution in [0.25, 0.3) is 0 Å². The van der Waals surface area contributed by atoms with Crippen molar-refractivity contribution in [3.8, 4) is 11.5 Å². The first kappa shape index (κ1) is 29.7. The molecular formula is C36H40N4O3. The standard InChI is InChI=1S/C36H40N4O3/c1-25(41)34-37-40(30-12-9-8-10-13-30)35(39(34)29-22-20-28(21-23-29)38(5)6)31-14-11-15-32(42-7)33(31)43-24-26-16-18-27(19-17-26)36(2,3)4/h8-23,35H,24H2,1-7H3. The van der Waals surface area contributed by atoms with Gasteiger partial charge in [0.15, 0.2) is 29.3 Å². The van der Waals surface area contributed by atoms with Gasteiger partial charge in [0.25, 0.3) is 0 Å². The van der Waals surface area contributed by atoms with Gasteiger partial charge in [0.05, 0.1) is 12.8 Å². The SMILES string of the molecule is COc1cccc(C2N(c3ccccc3)N=C(C(C)=O)N2c2ccc(N(C)C)cc2)c1OCc1ccc(C(C)(C)C)cc1. The second-order valence-corrected chi connectivity index (χ2v) is 11.9. The fourth-order valence-corrected chi connectivity index (χ4v) is 5.20. The maximum Gasteiger partial charge on any atom is 0.198 e. The summed E-state index contributed by atoms with van der Waals surface area (Å²) in [5.41, 5.74) is 5.97. The maximum atomic E-state index is 13.1. The molecular weight excluding hydrogens is 536 g/mol. The molecule has 1 heterocycles. The Morgan fingerprint density at radius 2 is 1.53 bits per heavy atom. The summed E-state index contributed by atoms with van der Waals surface area (Å²) < 4.78 is 12.4. The zero-order valence-electron chi connectivity index (χ0n) is 26.0. The van der Waals surface area contributed by atoms with Crippen LogP contribution in [-0.2, 0) is 16.8 Å². The normalized spacial score (nSPS) is 14.9. The molecule has 0 aromatic heterocycles. The molecule has 43 heavy (non-hydrogen) atoms. The van der Waals surface area contributed by atoms with Gasteiger partial charge in [-0.3, -0.25) is 9.69 Å². The molecule has 0 amide bonds. The Morgan fingerprint density at radius 1 is 0.860 bits per heavy atom. The van der Waals surface area contributed by atoms with E-state index in [1.54, 1.807) is 14.0 Å². The largest absolute Gasteiger partial charge is 0.493 e. The summed E-state index contributed by atoms with van der Waals surface area (Å²) in [7, 11) is 5.65. The van der Waals surface area contributed by atoms with Crippen molar-refractivity contribution >= 4 is 28.7 Å². The number of hydrogen-bond donors (Lipinski definition) is 0. The summed E-state index contributed by atoms with van der Waals surface area (Å²) in [5.74, 6) is 1.42. The number of amidine groups is 1. The number of para-hydroxylation sites is 2. The quantitative estimate of drug-likeness (QED) is 0.205. The molecule has 5 rings (SSSR count). The van der Waals surface area contributed by atoms with Gasteiger partial charge >= 0.3 is 0 Å². The van der Waals surface area contributed by atoms with Crippen molar-refractivity contribution in [2.75, 3.05) is 36.0 Å². The lowest BCUT2D eigenvalue weighted by Gasteiger charge is -2.33. The van der Waals surface area contributed by atoms with Gasteiger partial charge in [-0.05, 0) is 59.0 Å². The van der Waals surface area contributed by atoms with Crippen LogP contribution in [0.1, 0.15) is 50.6 Å². The topological polar surface area (TPSA) is 57.6 Å². The minimum Gasteiger partial charge on any atom is -0.493 e. The lowest BCUT2D eigenvalue weighted by atomic mass is 9.87. The van der Waals surface area contributed by atoms with Gasteiger partial charge in [-0.25, -0.2) is 5.01 Å². The zero-order chi connectivity index (χ0) is 30.7. The predicted octanol–water partition coefficient (Wildman–Crippen LogP) is 7.57. The second kappa shape index (κ2) is 12.2. The average Bonchev–Trinajstić information content (AvgIpc) is 3.41. The van der Waals surface area contributed by atoms with E-state index in [1.165, 1.54) is 5.56 Å². The molecule has 222 valence electrons. The van der Waals surface area contributed by atoms with Crippen LogP contribution in [-0.4, -0.2) is 32.8 Å². The van der Waals surface area contributed by atoms with Crippen LogP contribution in [0.5, 0.6) is 11.5 Å². The number of benzene rings is 4. The Bertz CT molecular complexity index is 1590. The van der Waals surface area contributed by atoms with Crippen molar-refractivity contribution in [3.05, 3.63) is 114 Å². The Hall–Kier alpha value is -4.78. The number of hydrogen-bond acceptors (Lipinski definition) is 7. The van der Waals surface area contributed by atoms with E-state index >= 15 is 0 Å². The third-order valence-corrected chi connectivity index (χ3v) is 7.60.